The van der Waals surface area contributed by atoms with Gasteiger partial charge in [-0.1, -0.05) is 30.3 Å². The lowest BCUT2D eigenvalue weighted by molar-refractivity contribution is -0.120. The standard InChI is InChI=1S/C27H26N2O4/c1-5-33-22-8-6-7-20(16-22)28-25-24(19-11-13-21(32-4)14-12-19)26(30)29(27(25)31)23-15-17(2)9-10-18(23)3/h6-16,28H,5H2,1-4H3. The summed E-state index contributed by atoms with van der Waals surface area (Å²) in [4.78, 5) is 28.5. The maximum absolute atomic E-state index is 13.7. The maximum atomic E-state index is 13.7. The Kier molecular flexibility index (Phi) is 6.18. The lowest BCUT2D eigenvalue weighted by atomic mass is 10.0. The van der Waals surface area contributed by atoms with Crippen LogP contribution < -0.4 is 19.7 Å². The first-order valence-electron chi connectivity index (χ1n) is 10.8. The average molecular weight is 443 g/mol. The van der Waals surface area contributed by atoms with E-state index in [1.165, 1.54) is 4.90 Å². The zero-order valence-corrected chi connectivity index (χ0v) is 19.1. The van der Waals surface area contributed by atoms with Gasteiger partial charge in [-0.25, -0.2) is 4.90 Å². The van der Waals surface area contributed by atoms with Crippen molar-refractivity contribution in [3.63, 3.8) is 0 Å². The number of methoxy groups -OCH3 is 1. The molecule has 33 heavy (non-hydrogen) atoms. The summed E-state index contributed by atoms with van der Waals surface area (Å²) in [5, 5.41) is 3.19. The highest BCUT2D eigenvalue weighted by Crippen LogP contribution is 2.36. The van der Waals surface area contributed by atoms with Crippen molar-refractivity contribution in [2.45, 2.75) is 20.8 Å². The minimum Gasteiger partial charge on any atom is -0.497 e. The Morgan fingerprint density at radius 2 is 1.64 bits per heavy atom. The summed E-state index contributed by atoms with van der Waals surface area (Å²) in [6.07, 6.45) is 0. The molecule has 3 aromatic rings. The summed E-state index contributed by atoms with van der Waals surface area (Å²) in [6, 6.07) is 20.2. The number of imide groups is 1. The molecule has 1 N–H and O–H groups in total. The van der Waals surface area contributed by atoms with Gasteiger partial charge in [0.05, 0.1) is 25.0 Å². The molecule has 168 valence electrons. The second-order valence-corrected chi connectivity index (χ2v) is 7.80. The van der Waals surface area contributed by atoms with Crippen molar-refractivity contribution in [1.29, 1.82) is 0 Å². The van der Waals surface area contributed by atoms with Crippen LogP contribution in [-0.2, 0) is 9.59 Å². The highest BCUT2D eigenvalue weighted by Gasteiger charge is 2.40. The molecule has 0 fully saturated rings. The first kappa shape index (κ1) is 22.1. The molecular weight excluding hydrogens is 416 g/mol. The molecule has 4 rings (SSSR count). The largest absolute Gasteiger partial charge is 0.497 e. The van der Waals surface area contributed by atoms with Gasteiger partial charge in [0.1, 0.15) is 17.2 Å². The molecule has 0 aliphatic carbocycles. The maximum Gasteiger partial charge on any atom is 0.282 e. The molecule has 3 aromatic carbocycles. The molecule has 1 aliphatic rings. The van der Waals surface area contributed by atoms with Crippen LogP contribution in [0.15, 0.2) is 72.4 Å². The van der Waals surface area contributed by atoms with Gasteiger partial charge < -0.3 is 14.8 Å². The lowest BCUT2D eigenvalue weighted by Gasteiger charge is -2.18. The molecule has 0 atom stereocenters. The van der Waals surface area contributed by atoms with Gasteiger partial charge in [-0.15, -0.1) is 0 Å². The number of anilines is 2. The summed E-state index contributed by atoms with van der Waals surface area (Å²) < 4.78 is 10.8. The number of benzene rings is 3. The van der Waals surface area contributed by atoms with E-state index < -0.39 is 5.91 Å². The summed E-state index contributed by atoms with van der Waals surface area (Å²) in [5.74, 6) is 0.572. The van der Waals surface area contributed by atoms with Gasteiger partial charge in [0.2, 0.25) is 0 Å². The van der Waals surface area contributed by atoms with Gasteiger partial charge in [0, 0.05) is 11.8 Å². The van der Waals surface area contributed by atoms with Crippen molar-refractivity contribution >= 4 is 28.8 Å². The number of nitrogens with zero attached hydrogens (tertiary/aromatic N) is 1. The number of carbonyl (C=O) groups excluding carboxylic acids is 2. The molecule has 2 amide bonds. The highest BCUT2D eigenvalue weighted by molar-refractivity contribution is 6.46. The number of hydrogen-bond acceptors (Lipinski definition) is 5. The Morgan fingerprint density at radius 1 is 0.879 bits per heavy atom. The van der Waals surface area contributed by atoms with Crippen LogP contribution in [0.2, 0.25) is 0 Å². The summed E-state index contributed by atoms with van der Waals surface area (Å²) in [7, 11) is 1.58. The van der Waals surface area contributed by atoms with Crippen LogP contribution in [0, 0.1) is 13.8 Å². The van der Waals surface area contributed by atoms with Crippen molar-refractivity contribution < 1.29 is 19.1 Å². The minimum atomic E-state index is -0.402. The molecule has 0 spiro atoms. The SMILES string of the molecule is CCOc1cccc(NC2=C(c3ccc(OC)cc3)C(=O)N(c3cc(C)ccc3C)C2=O)c1. The van der Waals surface area contributed by atoms with Crippen LogP contribution >= 0.6 is 0 Å². The minimum absolute atomic E-state index is 0.222. The Bertz CT molecular complexity index is 1250. The predicted molar refractivity (Wildman–Crippen MR) is 130 cm³/mol. The molecule has 0 aromatic heterocycles. The van der Waals surface area contributed by atoms with Gasteiger partial charge in [-0.3, -0.25) is 9.59 Å². The topological polar surface area (TPSA) is 67.9 Å². The molecule has 1 aliphatic heterocycles. The molecule has 1 heterocycles. The Morgan fingerprint density at radius 3 is 2.33 bits per heavy atom. The van der Waals surface area contributed by atoms with Gasteiger partial charge in [0.25, 0.3) is 11.8 Å². The normalized spacial score (nSPS) is 13.5. The highest BCUT2D eigenvalue weighted by atomic mass is 16.5. The summed E-state index contributed by atoms with van der Waals surface area (Å²) in [5.41, 5.74) is 4.21. The molecule has 0 saturated heterocycles. The van der Waals surface area contributed by atoms with Crippen molar-refractivity contribution in [2.24, 2.45) is 0 Å². The number of ether oxygens (including phenoxy) is 2. The van der Waals surface area contributed by atoms with Gasteiger partial charge in [0.15, 0.2) is 0 Å². The van der Waals surface area contributed by atoms with Crippen LogP contribution in [0.5, 0.6) is 11.5 Å². The van der Waals surface area contributed by atoms with E-state index in [-0.39, 0.29) is 11.6 Å². The molecule has 6 heteroatoms. The van der Waals surface area contributed by atoms with Crippen LogP contribution in [0.25, 0.3) is 5.57 Å². The first-order valence-corrected chi connectivity index (χ1v) is 10.8. The number of nitrogens with one attached hydrogen (secondary N) is 1. The Hall–Kier alpha value is -4.06. The number of hydrogen-bond donors (Lipinski definition) is 1. The molecule has 6 nitrogen and oxygen atoms in total. The molecule has 0 saturated carbocycles. The van der Waals surface area contributed by atoms with Crippen LogP contribution in [-0.4, -0.2) is 25.5 Å². The third kappa shape index (κ3) is 4.32. The van der Waals surface area contributed by atoms with E-state index in [0.29, 0.717) is 40.6 Å². The van der Waals surface area contributed by atoms with Gasteiger partial charge in [-0.05, 0) is 67.8 Å². The summed E-state index contributed by atoms with van der Waals surface area (Å²) >= 11 is 0. The van der Waals surface area contributed by atoms with E-state index in [9.17, 15) is 9.59 Å². The lowest BCUT2D eigenvalue weighted by Crippen LogP contribution is -2.33. The first-order chi connectivity index (χ1) is 15.9. The van der Waals surface area contributed by atoms with Crippen LogP contribution in [0.1, 0.15) is 23.6 Å². The van der Waals surface area contributed by atoms with Crippen molar-refractivity contribution in [3.8, 4) is 11.5 Å². The molecule has 0 unspecified atom stereocenters. The summed E-state index contributed by atoms with van der Waals surface area (Å²) in [6.45, 7) is 6.26. The Balaban J connectivity index is 1.82. The second kappa shape index (κ2) is 9.20. The van der Waals surface area contributed by atoms with Crippen LogP contribution in [0.4, 0.5) is 11.4 Å². The zero-order chi connectivity index (χ0) is 23.5. The monoisotopic (exact) mass is 442 g/mol. The van der Waals surface area contributed by atoms with E-state index in [2.05, 4.69) is 5.32 Å². The second-order valence-electron chi connectivity index (χ2n) is 7.80. The third-order valence-corrected chi connectivity index (χ3v) is 5.48. The van der Waals surface area contributed by atoms with Crippen LogP contribution in [0.3, 0.4) is 0 Å². The van der Waals surface area contributed by atoms with Crippen molar-refractivity contribution in [2.75, 3.05) is 23.9 Å². The zero-order valence-electron chi connectivity index (χ0n) is 19.1. The molecule has 0 bridgehead atoms. The Labute approximate surface area is 193 Å². The van der Waals surface area contributed by atoms with E-state index in [1.54, 1.807) is 37.4 Å². The average Bonchev–Trinajstić information content (AvgIpc) is 3.05. The number of aryl methyl sites for hydroxylation is 2. The molecular formula is C27H26N2O4. The smallest absolute Gasteiger partial charge is 0.282 e. The van der Waals surface area contributed by atoms with E-state index in [0.717, 1.165) is 11.1 Å². The number of carbonyl (C=O) groups is 2. The fourth-order valence-corrected chi connectivity index (χ4v) is 3.82. The fourth-order valence-electron chi connectivity index (χ4n) is 3.82. The molecule has 0 radical (unpaired) electrons. The van der Waals surface area contributed by atoms with Gasteiger partial charge >= 0.3 is 0 Å². The van der Waals surface area contributed by atoms with Gasteiger partial charge in [-0.2, -0.15) is 0 Å². The number of amides is 2. The predicted octanol–water partition coefficient (Wildman–Crippen LogP) is 5.11. The van der Waals surface area contributed by atoms with Crippen molar-refractivity contribution in [1.82, 2.24) is 0 Å². The van der Waals surface area contributed by atoms with Crippen molar-refractivity contribution in [3.05, 3.63) is 89.1 Å². The quantitative estimate of drug-likeness (QED) is 0.515. The number of rotatable bonds is 7. The fraction of sp³-hybridized carbons (Fsp3) is 0.185. The van der Waals surface area contributed by atoms with E-state index in [1.807, 2.05) is 57.2 Å². The third-order valence-electron chi connectivity index (χ3n) is 5.48. The van der Waals surface area contributed by atoms with E-state index in [4.69, 9.17) is 9.47 Å². The van der Waals surface area contributed by atoms with E-state index >= 15 is 0 Å².